The van der Waals surface area contributed by atoms with E-state index in [1.165, 1.54) is 0 Å². The average molecular weight is 281 g/mol. The second-order valence-electron chi connectivity index (χ2n) is 4.78. The lowest BCUT2D eigenvalue weighted by Crippen LogP contribution is -2.11. The minimum Gasteiger partial charge on any atom is -0.380 e. The van der Waals surface area contributed by atoms with Crippen LogP contribution >= 0.6 is 0 Å². The van der Waals surface area contributed by atoms with Crippen LogP contribution in [0, 0.1) is 0 Å². The highest BCUT2D eigenvalue weighted by Crippen LogP contribution is 2.23. The van der Waals surface area contributed by atoms with Crippen LogP contribution in [0.5, 0.6) is 0 Å². The van der Waals surface area contributed by atoms with E-state index in [0.717, 1.165) is 16.6 Å². The summed E-state index contributed by atoms with van der Waals surface area (Å²) in [6.07, 6.45) is 0. The van der Waals surface area contributed by atoms with Gasteiger partial charge in [-0.1, -0.05) is 30.3 Å². The van der Waals surface area contributed by atoms with Crippen LogP contribution in [0.1, 0.15) is 15.9 Å². The number of amides is 1. The lowest BCUT2D eigenvalue weighted by atomic mass is 10.1. The number of benzene rings is 2. The van der Waals surface area contributed by atoms with E-state index in [1.807, 2.05) is 30.3 Å². The van der Waals surface area contributed by atoms with Gasteiger partial charge in [0, 0.05) is 12.7 Å². The summed E-state index contributed by atoms with van der Waals surface area (Å²) in [5.74, 6) is 0.233. The molecule has 0 aliphatic rings. The number of primary amides is 1. The smallest absolute Gasteiger partial charge is 0.250 e. The molecule has 1 heterocycles. The molecule has 3 rings (SSSR count). The van der Waals surface area contributed by atoms with Crippen molar-refractivity contribution >= 4 is 16.9 Å². The monoisotopic (exact) mass is 281 g/mol. The molecule has 0 aliphatic carbocycles. The highest BCUT2D eigenvalue weighted by molar-refractivity contribution is 6.04. The molecule has 0 aliphatic heterocycles. The zero-order chi connectivity index (χ0) is 14.8. The number of H-pyrrole nitrogens is 1. The molecule has 2 aromatic carbocycles. The molecule has 5 nitrogen and oxygen atoms in total. The van der Waals surface area contributed by atoms with Gasteiger partial charge < -0.3 is 15.5 Å². The molecule has 0 radical (unpaired) electrons. The normalized spacial score (nSPS) is 10.9. The molecule has 1 amide bonds. The van der Waals surface area contributed by atoms with Crippen LogP contribution in [0.2, 0.25) is 0 Å². The molecular formula is C16H15N3O2. The molecule has 0 saturated heterocycles. The number of aromatic amines is 1. The topological polar surface area (TPSA) is 81.0 Å². The van der Waals surface area contributed by atoms with Crippen molar-refractivity contribution in [1.82, 2.24) is 9.97 Å². The summed E-state index contributed by atoms with van der Waals surface area (Å²) in [6.45, 7) is 0.576. The van der Waals surface area contributed by atoms with Gasteiger partial charge in [0.2, 0.25) is 0 Å². The number of hydrogen-bond donors (Lipinski definition) is 2. The van der Waals surface area contributed by atoms with Crippen molar-refractivity contribution in [2.24, 2.45) is 5.73 Å². The summed E-state index contributed by atoms with van der Waals surface area (Å²) < 4.78 is 5.09. The summed E-state index contributed by atoms with van der Waals surface area (Å²) in [5, 5.41) is 0. The number of carbonyl (C=O) groups is 1. The van der Waals surface area contributed by atoms with Gasteiger partial charge in [0.15, 0.2) is 0 Å². The molecule has 0 saturated carbocycles. The van der Waals surface area contributed by atoms with Crippen LogP contribution < -0.4 is 5.73 Å². The number of hydrogen-bond acceptors (Lipinski definition) is 3. The molecule has 3 N–H and O–H groups in total. The Morgan fingerprint density at radius 3 is 2.67 bits per heavy atom. The Labute approximate surface area is 121 Å². The summed E-state index contributed by atoms with van der Waals surface area (Å²) in [5.41, 5.74) is 9.23. The van der Waals surface area contributed by atoms with Crippen LogP contribution in [0.25, 0.3) is 22.4 Å². The molecule has 106 valence electrons. The maximum atomic E-state index is 11.4. The first-order chi connectivity index (χ1) is 10.2. The maximum absolute atomic E-state index is 11.4. The molecule has 21 heavy (non-hydrogen) atoms. The van der Waals surface area contributed by atoms with Crippen molar-refractivity contribution in [1.29, 1.82) is 0 Å². The highest BCUT2D eigenvalue weighted by atomic mass is 16.5. The van der Waals surface area contributed by atoms with E-state index < -0.39 is 5.91 Å². The molecule has 0 atom stereocenters. The summed E-state index contributed by atoms with van der Waals surface area (Å²) >= 11 is 0. The Kier molecular flexibility index (Phi) is 3.41. The van der Waals surface area contributed by atoms with E-state index in [2.05, 4.69) is 9.97 Å². The van der Waals surface area contributed by atoms with Crippen molar-refractivity contribution in [3.8, 4) is 11.4 Å². The molecule has 0 bridgehead atoms. The summed E-state index contributed by atoms with van der Waals surface area (Å²) in [4.78, 5) is 19.1. The van der Waals surface area contributed by atoms with Gasteiger partial charge in [-0.05, 0) is 17.7 Å². The quantitative estimate of drug-likeness (QED) is 0.770. The van der Waals surface area contributed by atoms with Gasteiger partial charge in [0.25, 0.3) is 5.91 Å². The lowest BCUT2D eigenvalue weighted by molar-refractivity contribution is 0.100. The van der Waals surface area contributed by atoms with Gasteiger partial charge in [-0.25, -0.2) is 4.98 Å². The van der Waals surface area contributed by atoms with E-state index in [0.29, 0.717) is 23.5 Å². The molecule has 3 aromatic rings. The molecule has 1 aromatic heterocycles. The fourth-order valence-electron chi connectivity index (χ4n) is 2.29. The standard InChI is InChI=1S/C16H15N3O2/c1-21-9-10-5-7-11(8-6-10)16-18-13-4-2-3-12(15(17)20)14(13)19-16/h2-8H,9H2,1H3,(H2,17,20)(H,18,19). The zero-order valence-electron chi connectivity index (χ0n) is 11.6. The fraction of sp³-hybridized carbons (Fsp3) is 0.125. The van der Waals surface area contributed by atoms with Crippen LogP contribution in [0.15, 0.2) is 42.5 Å². The number of methoxy groups -OCH3 is 1. The zero-order valence-corrected chi connectivity index (χ0v) is 11.6. The fourth-order valence-corrected chi connectivity index (χ4v) is 2.29. The number of imidazole rings is 1. The number of nitrogens with one attached hydrogen (secondary N) is 1. The van der Waals surface area contributed by atoms with Crippen molar-refractivity contribution in [3.63, 3.8) is 0 Å². The first kappa shape index (κ1) is 13.3. The second kappa shape index (κ2) is 5.38. The van der Waals surface area contributed by atoms with Gasteiger partial charge >= 0.3 is 0 Å². The number of rotatable bonds is 4. The first-order valence-electron chi connectivity index (χ1n) is 6.56. The van der Waals surface area contributed by atoms with Gasteiger partial charge in [-0.3, -0.25) is 4.79 Å². The molecule has 0 spiro atoms. The average Bonchev–Trinajstić information content (AvgIpc) is 2.92. The molecule has 0 fully saturated rings. The van der Waals surface area contributed by atoms with E-state index in [1.54, 1.807) is 19.2 Å². The predicted molar refractivity (Wildman–Crippen MR) is 80.8 cm³/mol. The van der Waals surface area contributed by atoms with Crippen LogP contribution in [-0.2, 0) is 11.3 Å². The number of nitrogens with two attached hydrogens (primary N) is 1. The Morgan fingerprint density at radius 2 is 2.00 bits per heavy atom. The largest absolute Gasteiger partial charge is 0.380 e. The number of fused-ring (bicyclic) bond motifs is 1. The minimum absolute atomic E-state index is 0.422. The van der Waals surface area contributed by atoms with Crippen molar-refractivity contribution in [3.05, 3.63) is 53.6 Å². The third-order valence-corrected chi connectivity index (χ3v) is 3.32. The van der Waals surface area contributed by atoms with Gasteiger partial charge in [-0.15, -0.1) is 0 Å². The van der Waals surface area contributed by atoms with Crippen LogP contribution in [-0.4, -0.2) is 23.0 Å². The molecular weight excluding hydrogens is 266 g/mol. The molecule has 5 heteroatoms. The van der Waals surface area contributed by atoms with Crippen molar-refractivity contribution in [2.75, 3.05) is 7.11 Å². The molecule has 0 unspecified atom stereocenters. The van der Waals surface area contributed by atoms with Crippen LogP contribution in [0.4, 0.5) is 0 Å². The Bertz CT molecular complexity index is 791. The van der Waals surface area contributed by atoms with E-state index >= 15 is 0 Å². The van der Waals surface area contributed by atoms with Gasteiger partial charge in [0.05, 0.1) is 17.7 Å². The number of ether oxygens (including phenoxy) is 1. The third-order valence-electron chi connectivity index (χ3n) is 3.32. The third kappa shape index (κ3) is 2.51. The number of para-hydroxylation sites is 1. The highest BCUT2D eigenvalue weighted by Gasteiger charge is 2.11. The van der Waals surface area contributed by atoms with Crippen molar-refractivity contribution < 1.29 is 9.53 Å². The number of nitrogens with zero attached hydrogens (tertiary/aromatic N) is 1. The maximum Gasteiger partial charge on any atom is 0.250 e. The van der Waals surface area contributed by atoms with Crippen LogP contribution in [0.3, 0.4) is 0 Å². The summed E-state index contributed by atoms with van der Waals surface area (Å²) in [6, 6.07) is 13.2. The SMILES string of the molecule is COCc1ccc(-c2nc3c(C(N)=O)cccc3[nH]2)cc1. The van der Waals surface area contributed by atoms with Gasteiger partial charge in [0.1, 0.15) is 11.3 Å². The van der Waals surface area contributed by atoms with E-state index in [4.69, 9.17) is 10.5 Å². The first-order valence-corrected chi connectivity index (χ1v) is 6.56. The Hall–Kier alpha value is -2.66. The van der Waals surface area contributed by atoms with Crippen molar-refractivity contribution in [2.45, 2.75) is 6.61 Å². The Balaban J connectivity index is 2.04. The summed E-state index contributed by atoms with van der Waals surface area (Å²) in [7, 11) is 1.67. The Morgan fingerprint density at radius 1 is 1.24 bits per heavy atom. The van der Waals surface area contributed by atoms with E-state index in [9.17, 15) is 4.79 Å². The number of aromatic nitrogens is 2. The number of carbonyl (C=O) groups excluding carboxylic acids is 1. The second-order valence-corrected chi connectivity index (χ2v) is 4.78. The predicted octanol–water partition coefficient (Wildman–Crippen LogP) is 2.48. The van der Waals surface area contributed by atoms with E-state index in [-0.39, 0.29) is 0 Å². The minimum atomic E-state index is -0.478. The van der Waals surface area contributed by atoms with Gasteiger partial charge in [-0.2, -0.15) is 0 Å². The lowest BCUT2D eigenvalue weighted by Gasteiger charge is -2.00.